The lowest BCUT2D eigenvalue weighted by atomic mass is 10.3. The first kappa shape index (κ1) is 11.8. The van der Waals surface area contributed by atoms with E-state index in [9.17, 15) is 9.59 Å². The highest BCUT2D eigenvalue weighted by Gasteiger charge is 1.94. The summed E-state index contributed by atoms with van der Waals surface area (Å²) < 4.78 is 9.71. The molecule has 0 rings (SSSR count). The second-order valence-electron chi connectivity index (χ2n) is 2.29. The van der Waals surface area contributed by atoms with Gasteiger partial charge >= 0.3 is 5.97 Å². The van der Waals surface area contributed by atoms with E-state index in [1.165, 1.54) is 0 Å². The molecule has 0 radical (unpaired) electrons. The van der Waals surface area contributed by atoms with E-state index in [2.05, 4.69) is 11.3 Å². The van der Waals surface area contributed by atoms with E-state index < -0.39 is 5.97 Å². The molecule has 0 heterocycles. The van der Waals surface area contributed by atoms with Gasteiger partial charge in [-0.3, -0.25) is 0 Å². The van der Waals surface area contributed by atoms with Crippen molar-refractivity contribution in [2.45, 2.75) is 12.8 Å². The normalized spacial score (nSPS) is 9.23. The minimum atomic E-state index is -0.448. The molecule has 0 aliphatic heterocycles. The summed E-state index contributed by atoms with van der Waals surface area (Å²) in [5.41, 5.74) is 0. The Kier molecular flexibility index (Phi) is 8.14. The molecule has 0 saturated carbocycles. The van der Waals surface area contributed by atoms with Crippen LogP contribution in [0.5, 0.6) is 0 Å². The first-order valence-electron chi connectivity index (χ1n) is 4.12. The largest absolute Gasteiger partial charge is 0.460 e. The van der Waals surface area contributed by atoms with Crippen LogP contribution in [0, 0.1) is 0 Å². The van der Waals surface area contributed by atoms with Gasteiger partial charge < -0.3 is 14.3 Å². The van der Waals surface area contributed by atoms with Gasteiger partial charge in [-0.1, -0.05) is 6.58 Å². The van der Waals surface area contributed by atoms with Gasteiger partial charge in [0.2, 0.25) is 0 Å². The summed E-state index contributed by atoms with van der Waals surface area (Å²) in [6, 6.07) is 0. The number of esters is 1. The first-order chi connectivity index (χ1) is 6.31. The Morgan fingerprint density at radius 1 is 1.31 bits per heavy atom. The van der Waals surface area contributed by atoms with Crippen LogP contribution in [0.25, 0.3) is 0 Å². The summed E-state index contributed by atoms with van der Waals surface area (Å²) in [6.45, 7) is 4.35. The topological polar surface area (TPSA) is 52.6 Å². The lowest BCUT2D eigenvalue weighted by Gasteiger charge is -2.02. The molecule has 0 unspecified atom stereocenters. The number of hydrogen-bond donors (Lipinski definition) is 0. The summed E-state index contributed by atoms with van der Waals surface area (Å²) in [5.74, 6) is -0.448. The number of rotatable bonds is 8. The van der Waals surface area contributed by atoms with Crippen LogP contribution in [0.2, 0.25) is 0 Å². The Hall–Kier alpha value is -1.16. The van der Waals surface area contributed by atoms with Crippen molar-refractivity contribution in [1.29, 1.82) is 0 Å². The highest BCUT2D eigenvalue weighted by Crippen LogP contribution is 1.87. The fraction of sp³-hybridized carbons (Fsp3) is 0.556. The lowest BCUT2D eigenvalue weighted by molar-refractivity contribution is -0.139. The van der Waals surface area contributed by atoms with Gasteiger partial charge in [0.1, 0.15) is 12.9 Å². The van der Waals surface area contributed by atoms with Gasteiger partial charge in [0, 0.05) is 19.1 Å². The van der Waals surface area contributed by atoms with Gasteiger partial charge in [0.05, 0.1) is 6.61 Å². The molecule has 0 bridgehead atoms. The predicted octanol–water partition coefficient (Wildman–Crippen LogP) is 0.711. The van der Waals surface area contributed by atoms with E-state index in [0.29, 0.717) is 26.1 Å². The molecule has 0 aliphatic rings. The van der Waals surface area contributed by atoms with Crippen LogP contribution in [0.3, 0.4) is 0 Å². The number of ether oxygens (including phenoxy) is 2. The molecule has 0 N–H and O–H groups in total. The third-order valence-corrected chi connectivity index (χ3v) is 1.25. The molecule has 13 heavy (non-hydrogen) atoms. The van der Waals surface area contributed by atoms with Crippen LogP contribution >= 0.6 is 0 Å². The molecule has 0 aromatic carbocycles. The second kappa shape index (κ2) is 8.93. The Morgan fingerprint density at radius 3 is 2.69 bits per heavy atom. The first-order valence-corrected chi connectivity index (χ1v) is 4.12. The zero-order valence-electron chi connectivity index (χ0n) is 7.53. The summed E-state index contributed by atoms with van der Waals surface area (Å²) in [4.78, 5) is 20.4. The van der Waals surface area contributed by atoms with Crippen molar-refractivity contribution in [2.75, 3.05) is 19.8 Å². The smallest absolute Gasteiger partial charge is 0.330 e. The summed E-state index contributed by atoms with van der Waals surface area (Å²) in [7, 11) is 0. The number of carbonyl (C=O) groups excluding carboxylic acids is 2. The molecule has 0 aromatic heterocycles. The average Bonchev–Trinajstić information content (AvgIpc) is 2.16. The van der Waals surface area contributed by atoms with Crippen LogP contribution in [0.4, 0.5) is 0 Å². The van der Waals surface area contributed by atoms with Crippen LogP contribution in [-0.2, 0) is 19.1 Å². The van der Waals surface area contributed by atoms with Gasteiger partial charge in [0.25, 0.3) is 0 Å². The van der Waals surface area contributed by atoms with Crippen LogP contribution < -0.4 is 0 Å². The summed E-state index contributed by atoms with van der Waals surface area (Å²) in [6.07, 6.45) is 3.17. The Labute approximate surface area is 77.5 Å². The average molecular weight is 186 g/mol. The maximum Gasteiger partial charge on any atom is 0.330 e. The van der Waals surface area contributed by atoms with E-state index in [-0.39, 0.29) is 6.61 Å². The molecule has 0 aliphatic carbocycles. The van der Waals surface area contributed by atoms with Crippen molar-refractivity contribution in [3.8, 4) is 0 Å². The van der Waals surface area contributed by atoms with E-state index in [4.69, 9.17) is 4.74 Å². The van der Waals surface area contributed by atoms with Crippen LogP contribution in [0.15, 0.2) is 12.7 Å². The monoisotopic (exact) mass is 186 g/mol. The zero-order valence-corrected chi connectivity index (χ0v) is 7.53. The van der Waals surface area contributed by atoms with E-state index in [1.54, 1.807) is 0 Å². The SMILES string of the molecule is C=CC(=O)OCCOCCCC=O. The zero-order chi connectivity index (χ0) is 9.94. The van der Waals surface area contributed by atoms with Gasteiger partial charge in [-0.25, -0.2) is 4.79 Å². The van der Waals surface area contributed by atoms with E-state index in [0.717, 1.165) is 12.4 Å². The molecule has 0 atom stereocenters. The number of carbonyl (C=O) groups is 2. The second-order valence-corrected chi connectivity index (χ2v) is 2.29. The van der Waals surface area contributed by atoms with Gasteiger partial charge in [-0.15, -0.1) is 0 Å². The summed E-state index contributed by atoms with van der Waals surface area (Å²) >= 11 is 0. The Balaban J connectivity index is 3.03. The molecule has 4 heteroatoms. The van der Waals surface area contributed by atoms with Crippen LogP contribution in [-0.4, -0.2) is 32.1 Å². The molecule has 0 fully saturated rings. The minimum absolute atomic E-state index is 0.228. The van der Waals surface area contributed by atoms with Crippen molar-refractivity contribution < 1.29 is 19.1 Å². The molecular weight excluding hydrogens is 172 g/mol. The molecule has 0 saturated heterocycles. The van der Waals surface area contributed by atoms with Crippen molar-refractivity contribution >= 4 is 12.3 Å². The van der Waals surface area contributed by atoms with Gasteiger partial charge in [-0.2, -0.15) is 0 Å². The highest BCUT2D eigenvalue weighted by molar-refractivity contribution is 5.81. The molecule has 74 valence electrons. The Bertz CT molecular complexity index is 165. The minimum Gasteiger partial charge on any atom is -0.460 e. The van der Waals surface area contributed by atoms with E-state index in [1.807, 2.05) is 0 Å². The third-order valence-electron chi connectivity index (χ3n) is 1.25. The van der Waals surface area contributed by atoms with Gasteiger partial charge in [0.15, 0.2) is 0 Å². The quantitative estimate of drug-likeness (QED) is 0.242. The van der Waals surface area contributed by atoms with Crippen molar-refractivity contribution in [1.82, 2.24) is 0 Å². The number of aldehydes is 1. The number of unbranched alkanes of at least 4 members (excludes halogenated alkanes) is 1. The van der Waals surface area contributed by atoms with Crippen molar-refractivity contribution in [3.05, 3.63) is 12.7 Å². The maximum atomic E-state index is 10.5. The molecule has 0 aromatic rings. The summed E-state index contributed by atoms with van der Waals surface area (Å²) in [5, 5.41) is 0. The molecule has 0 amide bonds. The predicted molar refractivity (Wildman–Crippen MR) is 47.3 cm³/mol. The third kappa shape index (κ3) is 8.75. The lowest BCUT2D eigenvalue weighted by Crippen LogP contribution is -2.08. The van der Waals surface area contributed by atoms with Crippen molar-refractivity contribution in [2.24, 2.45) is 0 Å². The van der Waals surface area contributed by atoms with E-state index >= 15 is 0 Å². The van der Waals surface area contributed by atoms with Crippen molar-refractivity contribution in [3.63, 3.8) is 0 Å². The molecule has 4 nitrogen and oxygen atoms in total. The standard InChI is InChI=1S/C9H14O4/c1-2-9(11)13-8-7-12-6-4-3-5-10/h2,5H,1,3-4,6-8H2. The number of hydrogen-bond acceptors (Lipinski definition) is 4. The van der Waals surface area contributed by atoms with Crippen LogP contribution in [0.1, 0.15) is 12.8 Å². The molecule has 0 spiro atoms. The maximum absolute atomic E-state index is 10.5. The Morgan fingerprint density at radius 2 is 2.08 bits per heavy atom. The fourth-order valence-corrected chi connectivity index (χ4v) is 0.631. The van der Waals surface area contributed by atoms with Gasteiger partial charge in [-0.05, 0) is 6.42 Å². The molecular formula is C9H14O4. The fourth-order valence-electron chi connectivity index (χ4n) is 0.631. The highest BCUT2D eigenvalue weighted by atomic mass is 16.6.